The van der Waals surface area contributed by atoms with Crippen LogP contribution in [0.2, 0.25) is 0 Å². The van der Waals surface area contributed by atoms with E-state index in [1.165, 1.54) is 25.8 Å². The van der Waals surface area contributed by atoms with E-state index in [9.17, 15) is 4.79 Å². The zero-order valence-corrected chi connectivity index (χ0v) is 11.5. The van der Waals surface area contributed by atoms with Crippen LogP contribution in [-0.2, 0) is 4.79 Å². The minimum absolute atomic E-state index is 0.0355. The Labute approximate surface area is 110 Å². The lowest BCUT2D eigenvalue weighted by molar-refractivity contribution is -0.122. The molecule has 1 heterocycles. The van der Waals surface area contributed by atoms with E-state index in [0.29, 0.717) is 5.92 Å². The smallest absolute Gasteiger partial charge is 0.236 e. The zero-order chi connectivity index (χ0) is 13.0. The summed E-state index contributed by atoms with van der Waals surface area (Å²) in [5.41, 5.74) is 5.85. The van der Waals surface area contributed by atoms with Gasteiger partial charge in [-0.15, -0.1) is 0 Å². The van der Waals surface area contributed by atoms with Gasteiger partial charge in [-0.25, -0.2) is 0 Å². The number of rotatable bonds is 7. The Morgan fingerprint density at radius 3 is 2.89 bits per heavy atom. The predicted octanol–water partition coefficient (Wildman–Crippen LogP) is 1.10. The van der Waals surface area contributed by atoms with E-state index < -0.39 is 0 Å². The van der Waals surface area contributed by atoms with Crippen LogP contribution in [0.3, 0.4) is 0 Å². The first kappa shape index (κ1) is 13.8. The third-order valence-corrected chi connectivity index (χ3v) is 4.15. The number of hydrogen-bond acceptors (Lipinski definition) is 3. The molecule has 0 bridgehead atoms. The molecule has 1 aliphatic carbocycles. The fourth-order valence-electron chi connectivity index (χ4n) is 2.73. The van der Waals surface area contributed by atoms with Crippen LogP contribution in [0.15, 0.2) is 0 Å². The number of carbonyl (C=O) groups is 1. The van der Waals surface area contributed by atoms with Gasteiger partial charge in [-0.1, -0.05) is 19.8 Å². The second kappa shape index (κ2) is 6.53. The first-order valence-corrected chi connectivity index (χ1v) is 7.48. The van der Waals surface area contributed by atoms with Crippen molar-refractivity contribution in [2.75, 3.05) is 19.6 Å². The zero-order valence-electron chi connectivity index (χ0n) is 11.5. The summed E-state index contributed by atoms with van der Waals surface area (Å²) in [4.78, 5) is 14.4. The second-order valence-electron chi connectivity index (χ2n) is 5.87. The lowest BCUT2D eigenvalue weighted by Gasteiger charge is -2.16. The van der Waals surface area contributed by atoms with Crippen LogP contribution < -0.4 is 11.1 Å². The van der Waals surface area contributed by atoms with Gasteiger partial charge in [-0.2, -0.15) is 0 Å². The molecule has 1 saturated carbocycles. The third kappa shape index (κ3) is 3.95. The Morgan fingerprint density at radius 2 is 2.22 bits per heavy atom. The summed E-state index contributed by atoms with van der Waals surface area (Å²) in [5.74, 6) is 0.668. The maximum atomic E-state index is 11.8. The van der Waals surface area contributed by atoms with Gasteiger partial charge in [0.15, 0.2) is 0 Å². The Bertz CT molecular complexity index is 278. The number of unbranched alkanes of at least 4 members (excludes halogenated alkanes) is 1. The fraction of sp³-hybridized carbons (Fsp3) is 0.929. The molecule has 2 atom stereocenters. The molecule has 2 aliphatic rings. The van der Waals surface area contributed by atoms with E-state index in [4.69, 9.17) is 5.73 Å². The molecule has 18 heavy (non-hydrogen) atoms. The van der Waals surface area contributed by atoms with Crippen LogP contribution >= 0.6 is 0 Å². The molecule has 1 saturated heterocycles. The van der Waals surface area contributed by atoms with Crippen molar-refractivity contribution in [3.8, 4) is 0 Å². The van der Waals surface area contributed by atoms with Gasteiger partial charge in [0.05, 0.1) is 6.04 Å². The Kier molecular flexibility index (Phi) is 5.01. The van der Waals surface area contributed by atoms with Crippen LogP contribution in [0.1, 0.15) is 45.4 Å². The summed E-state index contributed by atoms with van der Waals surface area (Å²) in [6.07, 6.45) is 6.91. The number of likely N-dealkylation sites (tertiary alicyclic amines) is 1. The normalized spacial score (nSPS) is 26.2. The first-order chi connectivity index (χ1) is 8.70. The van der Waals surface area contributed by atoms with Crippen molar-refractivity contribution < 1.29 is 4.79 Å². The van der Waals surface area contributed by atoms with Gasteiger partial charge in [0.1, 0.15) is 0 Å². The molecular formula is C14H27N3O. The molecule has 2 rings (SSSR count). The number of nitrogens with zero attached hydrogens (tertiary/aromatic N) is 1. The average Bonchev–Trinajstić information content (AvgIpc) is 3.12. The van der Waals surface area contributed by atoms with Crippen molar-refractivity contribution in [3.63, 3.8) is 0 Å². The van der Waals surface area contributed by atoms with Crippen molar-refractivity contribution in [2.24, 2.45) is 11.7 Å². The van der Waals surface area contributed by atoms with Crippen molar-refractivity contribution >= 4 is 5.91 Å². The van der Waals surface area contributed by atoms with E-state index in [0.717, 1.165) is 38.4 Å². The quantitative estimate of drug-likeness (QED) is 0.714. The summed E-state index contributed by atoms with van der Waals surface area (Å²) in [6, 6.07) is 0.545. The topological polar surface area (TPSA) is 58.4 Å². The molecule has 0 aromatic heterocycles. The van der Waals surface area contributed by atoms with Crippen LogP contribution in [0.5, 0.6) is 0 Å². The first-order valence-electron chi connectivity index (χ1n) is 7.48. The fourth-order valence-corrected chi connectivity index (χ4v) is 2.73. The molecule has 0 radical (unpaired) electrons. The molecule has 1 aliphatic heterocycles. The summed E-state index contributed by atoms with van der Waals surface area (Å²) in [7, 11) is 0. The molecule has 0 aromatic rings. The number of nitrogens with one attached hydrogen (secondary N) is 1. The second-order valence-corrected chi connectivity index (χ2v) is 5.87. The van der Waals surface area contributed by atoms with Crippen LogP contribution in [0.4, 0.5) is 0 Å². The van der Waals surface area contributed by atoms with Gasteiger partial charge in [0, 0.05) is 19.1 Å². The highest BCUT2D eigenvalue weighted by atomic mass is 16.2. The lowest BCUT2D eigenvalue weighted by atomic mass is 10.1. The molecule has 2 unspecified atom stereocenters. The van der Waals surface area contributed by atoms with E-state index in [2.05, 4.69) is 17.1 Å². The number of nitrogens with two attached hydrogens (primary N) is 1. The van der Waals surface area contributed by atoms with Gasteiger partial charge in [-0.3, -0.25) is 4.79 Å². The summed E-state index contributed by atoms with van der Waals surface area (Å²) >= 11 is 0. The van der Waals surface area contributed by atoms with Gasteiger partial charge >= 0.3 is 0 Å². The van der Waals surface area contributed by atoms with E-state index in [1.807, 2.05) is 0 Å². The number of hydrogen-bond donors (Lipinski definition) is 2. The van der Waals surface area contributed by atoms with Crippen LogP contribution in [0, 0.1) is 5.92 Å². The Balaban J connectivity index is 1.60. The summed E-state index contributed by atoms with van der Waals surface area (Å²) < 4.78 is 0. The van der Waals surface area contributed by atoms with Gasteiger partial charge in [0.25, 0.3) is 0 Å². The average molecular weight is 253 g/mol. The van der Waals surface area contributed by atoms with E-state index >= 15 is 0 Å². The molecule has 4 nitrogen and oxygen atoms in total. The Morgan fingerprint density at radius 1 is 1.44 bits per heavy atom. The van der Waals surface area contributed by atoms with Gasteiger partial charge in [-0.05, 0) is 38.1 Å². The molecule has 1 amide bonds. The molecule has 0 spiro atoms. The minimum Gasteiger partial charge on any atom is -0.354 e. The minimum atomic E-state index is -0.314. The monoisotopic (exact) mass is 253 g/mol. The van der Waals surface area contributed by atoms with Crippen molar-refractivity contribution in [2.45, 2.75) is 57.5 Å². The maximum Gasteiger partial charge on any atom is 0.236 e. The largest absolute Gasteiger partial charge is 0.354 e. The summed E-state index contributed by atoms with van der Waals surface area (Å²) in [6.45, 7) is 5.31. The SMILES string of the molecule is CCCCC(N)C(=O)NCC1CCN(C2CC2)C1. The molecule has 0 aromatic carbocycles. The van der Waals surface area contributed by atoms with Crippen LogP contribution in [0.25, 0.3) is 0 Å². The Hall–Kier alpha value is -0.610. The lowest BCUT2D eigenvalue weighted by Crippen LogP contribution is -2.42. The highest BCUT2D eigenvalue weighted by molar-refractivity contribution is 5.81. The molecular weight excluding hydrogens is 226 g/mol. The highest BCUT2D eigenvalue weighted by Crippen LogP contribution is 2.31. The molecule has 4 heteroatoms. The molecule has 3 N–H and O–H groups in total. The van der Waals surface area contributed by atoms with E-state index in [-0.39, 0.29) is 11.9 Å². The van der Waals surface area contributed by atoms with E-state index in [1.54, 1.807) is 0 Å². The number of carbonyl (C=O) groups excluding carboxylic acids is 1. The highest BCUT2D eigenvalue weighted by Gasteiger charge is 2.34. The maximum absolute atomic E-state index is 11.8. The third-order valence-electron chi connectivity index (χ3n) is 4.15. The summed E-state index contributed by atoms with van der Waals surface area (Å²) in [5, 5.41) is 3.02. The standard InChI is InChI=1S/C14H27N3O/c1-2-3-4-13(15)14(18)16-9-11-7-8-17(10-11)12-5-6-12/h11-13H,2-10,15H2,1H3,(H,16,18). The van der Waals surface area contributed by atoms with Crippen LogP contribution in [-0.4, -0.2) is 42.5 Å². The van der Waals surface area contributed by atoms with Crippen molar-refractivity contribution in [3.05, 3.63) is 0 Å². The number of amides is 1. The van der Waals surface area contributed by atoms with Crippen molar-refractivity contribution in [1.29, 1.82) is 0 Å². The predicted molar refractivity (Wildman–Crippen MR) is 73.2 cm³/mol. The van der Waals surface area contributed by atoms with Gasteiger partial charge < -0.3 is 16.0 Å². The molecule has 104 valence electrons. The van der Waals surface area contributed by atoms with Gasteiger partial charge in [0.2, 0.25) is 5.91 Å². The molecule has 2 fully saturated rings. The van der Waals surface area contributed by atoms with Crippen molar-refractivity contribution in [1.82, 2.24) is 10.2 Å².